The summed E-state index contributed by atoms with van der Waals surface area (Å²) in [5.41, 5.74) is -0.606. The predicted molar refractivity (Wildman–Crippen MR) is 85.5 cm³/mol. The summed E-state index contributed by atoms with van der Waals surface area (Å²) in [6, 6.07) is 0. The summed E-state index contributed by atoms with van der Waals surface area (Å²) in [6.45, 7) is 9.78. The zero-order valence-corrected chi connectivity index (χ0v) is 13.9. The van der Waals surface area contributed by atoms with Gasteiger partial charge in [-0.25, -0.2) is 0 Å². The molecule has 22 heavy (non-hydrogen) atoms. The van der Waals surface area contributed by atoms with E-state index in [9.17, 15) is 9.59 Å². The van der Waals surface area contributed by atoms with E-state index in [2.05, 4.69) is 11.5 Å². The Balaban J connectivity index is 2.71. The summed E-state index contributed by atoms with van der Waals surface area (Å²) in [5, 5.41) is 0. The second-order valence-corrected chi connectivity index (χ2v) is 5.60. The molecule has 5 heteroatoms. The van der Waals surface area contributed by atoms with Gasteiger partial charge in [0.1, 0.15) is 5.54 Å². The van der Waals surface area contributed by atoms with Gasteiger partial charge in [0, 0.05) is 6.42 Å². The molecule has 0 aromatic rings. The number of hydrogen-bond acceptors (Lipinski definition) is 5. The van der Waals surface area contributed by atoms with Crippen molar-refractivity contribution in [1.29, 1.82) is 0 Å². The molecular formula is C17H29NO4. The van der Waals surface area contributed by atoms with Crippen LogP contribution in [-0.4, -0.2) is 48.7 Å². The smallest absolute Gasteiger partial charge is 0.326 e. The molecule has 0 spiro atoms. The van der Waals surface area contributed by atoms with Gasteiger partial charge in [-0.3, -0.25) is 14.5 Å². The number of hydrogen-bond donors (Lipinski definition) is 0. The van der Waals surface area contributed by atoms with Crippen LogP contribution in [0.1, 0.15) is 52.4 Å². The first kappa shape index (κ1) is 18.7. The maximum absolute atomic E-state index is 12.5. The van der Waals surface area contributed by atoms with Crippen molar-refractivity contribution in [2.24, 2.45) is 0 Å². The van der Waals surface area contributed by atoms with Crippen molar-refractivity contribution in [2.45, 2.75) is 57.9 Å². The van der Waals surface area contributed by atoms with Crippen molar-refractivity contribution in [3.63, 3.8) is 0 Å². The maximum Gasteiger partial charge on any atom is 0.326 e. The highest BCUT2D eigenvalue weighted by molar-refractivity contribution is 5.81. The lowest BCUT2D eigenvalue weighted by Gasteiger charge is -2.44. The molecule has 0 radical (unpaired) electrons. The van der Waals surface area contributed by atoms with E-state index in [1.807, 2.05) is 6.92 Å². The van der Waals surface area contributed by atoms with Crippen molar-refractivity contribution < 1.29 is 19.1 Å². The Bertz CT molecular complexity index is 383. The monoisotopic (exact) mass is 311 g/mol. The molecule has 1 aliphatic rings. The third-order valence-electron chi connectivity index (χ3n) is 4.13. The van der Waals surface area contributed by atoms with Crippen LogP contribution in [0.5, 0.6) is 0 Å². The van der Waals surface area contributed by atoms with Crippen molar-refractivity contribution >= 4 is 11.9 Å². The molecule has 126 valence electrons. The number of carbonyl (C=O) groups excluding carboxylic acids is 2. The van der Waals surface area contributed by atoms with Crippen LogP contribution in [0.15, 0.2) is 12.7 Å². The van der Waals surface area contributed by atoms with Crippen molar-refractivity contribution in [1.82, 2.24) is 4.90 Å². The molecule has 1 unspecified atom stereocenters. The molecule has 0 N–H and O–H groups in total. The Hall–Kier alpha value is -1.36. The summed E-state index contributed by atoms with van der Waals surface area (Å²) < 4.78 is 10.3. The van der Waals surface area contributed by atoms with E-state index < -0.39 is 5.54 Å². The van der Waals surface area contributed by atoms with Crippen LogP contribution in [0.4, 0.5) is 0 Å². The minimum atomic E-state index is -0.606. The van der Waals surface area contributed by atoms with E-state index in [-0.39, 0.29) is 11.9 Å². The molecule has 1 aliphatic heterocycles. The van der Waals surface area contributed by atoms with Crippen molar-refractivity contribution in [2.75, 3.05) is 26.3 Å². The Labute approximate surface area is 133 Å². The average molecular weight is 311 g/mol. The number of carbonyl (C=O) groups is 2. The first-order chi connectivity index (χ1) is 10.6. The zero-order chi connectivity index (χ0) is 16.4. The number of rotatable bonds is 9. The third kappa shape index (κ3) is 4.83. The lowest BCUT2D eigenvalue weighted by Crippen LogP contribution is -2.57. The third-order valence-corrected chi connectivity index (χ3v) is 4.13. The van der Waals surface area contributed by atoms with E-state index in [0.717, 1.165) is 25.8 Å². The largest absolute Gasteiger partial charge is 0.466 e. The fraction of sp³-hybridized carbons (Fsp3) is 0.765. The molecule has 0 aromatic carbocycles. The predicted octanol–water partition coefficient (Wildman–Crippen LogP) is 2.69. The van der Waals surface area contributed by atoms with Gasteiger partial charge in [-0.2, -0.15) is 0 Å². The van der Waals surface area contributed by atoms with Gasteiger partial charge in [-0.15, -0.1) is 6.58 Å². The Morgan fingerprint density at radius 2 is 1.95 bits per heavy atom. The van der Waals surface area contributed by atoms with Gasteiger partial charge in [-0.05, 0) is 59.0 Å². The minimum Gasteiger partial charge on any atom is -0.466 e. The molecule has 0 saturated carbocycles. The maximum atomic E-state index is 12.5. The SMILES string of the molecule is C=CCC1(C(=O)OCC)CCCCN1CCCC(=O)OCC. The highest BCUT2D eigenvalue weighted by Gasteiger charge is 2.45. The Morgan fingerprint density at radius 1 is 1.23 bits per heavy atom. The quantitative estimate of drug-likeness (QED) is 0.484. The molecule has 1 heterocycles. The summed E-state index contributed by atoms with van der Waals surface area (Å²) >= 11 is 0. The molecule has 0 aliphatic carbocycles. The standard InChI is InChI=1S/C17H29NO4/c1-4-11-17(16(20)22-6-3)12-7-8-13-18(17)14-9-10-15(19)21-5-2/h4H,1,5-14H2,2-3H3. The fourth-order valence-corrected chi connectivity index (χ4v) is 3.12. The summed E-state index contributed by atoms with van der Waals surface area (Å²) in [6.07, 6.45) is 6.33. The highest BCUT2D eigenvalue weighted by Crippen LogP contribution is 2.33. The van der Waals surface area contributed by atoms with Gasteiger partial charge in [-0.1, -0.05) is 6.08 Å². The van der Waals surface area contributed by atoms with Gasteiger partial charge in [0.2, 0.25) is 0 Å². The first-order valence-electron chi connectivity index (χ1n) is 8.29. The Kier molecular flexibility index (Phi) is 8.17. The topological polar surface area (TPSA) is 55.8 Å². The zero-order valence-electron chi connectivity index (χ0n) is 13.9. The van der Waals surface area contributed by atoms with E-state index in [4.69, 9.17) is 9.47 Å². The number of esters is 2. The van der Waals surface area contributed by atoms with Gasteiger partial charge in [0.05, 0.1) is 13.2 Å². The Morgan fingerprint density at radius 3 is 2.59 bits per heavy atom. The second-order valence-electron chi connectivity index (χ2n) is 5.60. The highest BCUT2D eigenvalue weighted by atomic mass is 16.5. The van der Waals surface area contributed by atoms with Crippen LogP contribution in [0.25, 0.3) is 0 Å². The van der Waals surface area contributed by atoms with Crippen LogP contribution >= 0.6 is 0 Å². The lowest BCUT2D eigenvalue weighted by atomic mass is 9.83. The molecule has 0 aromatic heterocycles. The average Bonchev–Trinajstić information content (AvgIpc) is 2.49. The van der Waals surface area contributed by atoms with Crippen LogP contribution < -0.4 is 0 Å². The van der Waals surface area contributed by atoms with Crippen molar-refractivity contribution in [3.05, 3.63) is 12.7 Å². The van der Waals surface area contributed by atoms with E-state index in [1.54, 1.807) is 13.0 Å². The molecule has 1 saturated heterocycles. The number of piperidine rings is 1. The van der Waals surface area contributed by atoms with Gasteiger partial charge < -0.3 is 9.47 Å². The van der Waals surface area contributed by atoms with Gasteiger partial charge in [0.15, 0.2) is 0 Å². The summed E-state index contributed by atoms with van der Waals surface area (Å²) in [7, 11) is 0. The lowest BCUT2D eigenvalue weighted by molar-refractivity contribution is -0.160. The van der Waals surface area contributed by atoms with Gasteiger partial charge >= 0.3 is 11.9 Å². The molecule has 1 fully saturated rings. The molecule has 0 bridgehead atoms. The van der Waals surface area contributed by atoms with Crippen LogP contribution in [-0.2, 0) is 19.1 Å². The van der Waals surface area contributed by atoms with E-state index in [0.29, 0.717) is 39.0 Å². The molecular weight excluding hydrogens is 282 g/mol. The van der Waals surface area contributed by atoms with Gasteiger partial charge in [0.25, 0.3) is 0 Å². The van der Waals surface area contributed by atoms with E-state index >= 15 is 0 Å². The van der Waals surface area contributed by atoms with E-state index in [1.165, 1.54) is 0 Å². The summed E-state index contributed by atoms with van der Waals surface area (Å²) in [4.78, 5) is 26.2. The molecule has 0 amide bonds. The van der Waals surface area contributed by atoms with Crippen LogP contribution in [0.3, 0.4) is 0 Å². The minimum absolute atomic E-state index is 0.161. The number of ether oxygens (including phenoxy) is 2. The first-order valence-corrected chi connectivity index (χ1v) is 8.29. The normalized spacial score (nSPS) is 22.1. The second kappa shape index (κ2) is 9.62. The van der Waals surface area contributed by atoms with Crippen LogP contribution in [0, 0.1) is 0 Å². The molecule has 1 atom stereocenters. The van der Waals surface area contributed by atoms with Crippen molar-refractivity contribution in [3.8, 4) is 0 Å². The summed E-state index contributed by atoms with van der Waals surface area (Å²) in [5.74, 6) is -0.337. The number of likely N-dealkylation sites (tertiary alicyclic amines) is 1. The fourth-order valence-electron chi connectivity index (χ4n) is 3.12. The molecule has 1 rings (SSSR count). The molecule has 5 nitrogen and oxygen atoms in total. The van der Waals surface area contributed by atoms with Crippen LogP contribution in [0.2, 0.25) is 0 Å². The number of nitrogens with zero attached hydrogens (tertiary/aromatic N) is 1.